The van der Waals surface area contributed by atoms with Crippen molar-refractivity contribution in [3.63, 3.8) is 0 Å². The molecule has 1 N–H and O–H groups in total. The van der Waals surface area contributed by atoms with Gasteiger partial charge in [0.05, 0.1) is 16.2 Å². The maximum Gasteiger partial charge on any atom is 0.178 e. The molecule has 0 unspecified atom stereocenters. The van der Waals surface area contributed by atoms with Crippen molar-refractivity contribution in [2.75, 3.05) is 5.75 Å². The molecule has 5 heteroatoms. The van der Waals surface area contributed by atoms with Crippen LogP contribution in [0.25, 0.3) is 33.1 Å². The molecule has 4 nitrogen and oxygen atoms in total. The highest BCUT2D eigenvalue weighted by Gasteiger charge is 2.16. The lowest BCUT2D eigenvalue weighted by atomic mass is 9.97. The zero-order valence-corrected chi connectivity index (χ0v) is 15.7. The molecule has 0 saturated carbocycles. The molecule has 2 aromatic heterocycles. The van der Waals surface area contributed by atoms with Crippen molar-refractivity contribution >= 4 is 31.8 Å². The molecule has 2 heterocycles. The summed E-state index contributed by atoms with van der Waals surface area (Å²) in [6.45, 7) is 5.68. The Kier molecular flexibility index (Phi) is 3.84. The highest BCUT2D eigenvalue weighted by molar-refractivity contribution is 7.91. The molecular weight excluding hydrogens is 344 g/mol. The van der Waals surface area contributed by atoms with Crippen molar-refractivity contribution in [1.29, 1.82) is 0 Å². The van der Waals surface area contributed by atoms with E-state index in [0.717, 1.165) is 44.2 Å². The first-order valence-corrected chi connectivity index (χ1v) is 10.2. The number of pyridine rings is 1. The SMILES string of the molecule is CCS(=O)(=O)c1cccc(-c2c[c]c(C)c3[nH]c4ncc(C)cc4c23)c1. The number of sulfone groups is 1. The van der Waals surface area contributed by atoms with Crippen molar-refractivity contribution in [3.05, 3.63) is 59.8 Å². The van der Waals surface area contributed by atoms with Gasteiger partial charge in [-0.2, -0.15) is 0 Å². The van der Waals surface area contributed by atoms with Gasteiger partial charge in [0.2, 0.25) is 0 Å². The number of hydrogen-bond acceptors (Lipinski definition) is 3. The minimum atomic E-state index is -3.26. The van der Waals surface area contributed by atoms with Gasteiger partial charge in [-0.25, -0.2) is 13.4 Å². The maximum atomic E-state index is 12.3. The van der Waals surface area contributed by atoms with Gasteiger partial charge < -0.3 is 4.98 Å². The molecule has 0 bridgehead atoms. The van der Waals surface area contributed by atoms with Crippen LogP contribution >= 0.6 is 0 Å². The van der Waals surface area contributed by atoms with Gasteiger partial charge in [0.25, 0.3) is 0 Å². The summed E-state index contributed by atoms with van der Waals surface area (Å²) in [5.41, 5.74) is 5.72. The second-order valence-corrected chi connectivity index (χ2v) is 8.82. The first-order valence-electron chi connectivity index (χ1n) is 8.53. The van der Waals surface area contributed by atoms with Crippen LogP contribution < -0.4 is 0 Å². The van der Waals surface area contributed by atoms with E-state index in [2.05, 4.69) is 22.1 Å². The van der Waals surface area contributed by atoms with Gasteiger partial charge in [0.1, 0.15) is 5.65 Å². The molecule has 26 heavy (non-hydrogen) atoms. The van der Waals surface area contributed by atoms with Gasteiger partial charge in [-0.15, -0.1) is 0 Å². The van der Waals surface area contributed by atoms with Gasteiger partial charge >= 0.3 is 0 Å². The Balaban J connectivity index is 2.07. The molecule has 0 aliphatic heterocycles. The van der Waals surface area contributed by atoms with Crippen LogP contribution in [0.4, 0.5) is 0 Å². The summed E-state index contributed by atoms with van der Waals surface area (Å²) in [6.07, 6.45) is 1.84. The average Bonchev–Trinajstić information content (AvgIpc) is 3.02. The lowest BCUT2D eigenvalue weighted by molar-refractivity contribution is 0.597. The number of aryl methyl sites for hydroxylation is 2. The van der Waals surface area contributed by atoms with E-state index in [9.17, 15) is 8.42 Å². The normalized spacial score (nSPS) is 12.1. The van der Waals surface area contributed by atoms with Crippen LogP contribution in [-0.4, -0.2) is 24.1 Å². The third kappa shape index (κ3) is 2.59. The fraction of sp³-hybridized carbons (Fsp3) is 0.190. The zero-order valence-electron chi connectivity index (χ0n) is 14.9. The summed E-state index contributed by atoms with van der Waals surface area (Å²) < 4.78 is 24.6. The smallest absolute Gasteiger partial charge is 0.178 e. The topological polar surface area (TPSA) is 62.8 Å². The molecule has 4 rings (SSSR count). The largest absolute Gasteiger partial charge is 0.339 e. The molecule has 0 saturated heterocycles. The summed E-state index contributed by atoms with van der Waals surface area (Å²) in [7, 11) is -3.26. The summed E-state index contributed by atoms with van der Waals surface area (Å²) in [6, 6.07) is 14.5. The van der Waals surface area contributed by atoms with Crippen LogP contribution in [-0.2, 0) is 9.84 Å². The van der Waals surface area contributed by atoms with E-state index in [0.29, 0.717) is 4.90 Å². The van der Waals surface area contributed by atoms with Crippen molar-refractivity contribution in [2.24, 2.45) is 0 Å². The molecule has 0 fully saturated rings. The molecule has 131 valence electrons. The maximum absolute atomic E-state index is 12.3. The molecule has 0 atom stereocenters. The van der Waals surface area contributed by atoms with Crippen molar-refractivity contribution in [1.82, 2.24) is 9.97 Å². The Morgan fingerprint density at radius 2 is 2.00 bits per heavy atom. The quantitative estimate of drug-likeness (QED) is 0.579. The Hall–Kier alpha value is -2.66. The number of nitrogens with one attached hydrogen (secondary N) is 1. The van der Waals surface area contributed by atoms with Gasteiger partial charge in [0.15, 0.2) is 9.84 Å². The van der Waals surface area contributed by atoms with E-state index >= 15 is 0 Å². The molecular formula is C21H19N2O2S. The average molecular weight is 363 g/mol. The standard InChI is InChI=1S/C21H19N2O2S/c1-4-26(24,25)16-7-5-6-15(11-16)17-9-8-14(3)20-19(17)18-10-13(2)12-22-21(18)23-20/h5-7,9-12H,4H2,1-3H3,(H,22,23). The lowest BCUT2D eigenvalue weighted by Crippen LogP contribution is -2.03. The van der Waals surface area contributed by atoms with Crippen LogP contribution in [0.5, 0.6) is 0 Å². The number of rotatable bonds is 3. The number of hydrogen-bond donors (Lipinski definition) is 1. The fourth-order valence-electron chi connectivity index (χ4n) is 3.31. The van der Waals surface area contributed by atoms with Crippen LogP contribution in [0, 0.1) is 19.9 Å². The van der Waals surface area contributed by atoms with Crippen molar-refractivity contribution < 1.29 is 8.42 Å². The summed E-state index contributed by atoms with van der Waals surface area (Å²) in [5.74, 6) is 0.0854. The van der Waals surface area contributed by atoms with Crippen molar-refractivity contribution in [3.8, 4) is 11.1 Å². The van der Waals surface area contributed by atoms with E-state index in [1.807, 2.05) is 32.2 Å². The van der Waals surface area contributed by atoms with Gasteiger partial charge in [-0.3, -0.25) is 0 Å². The summed E-state index contributed by atoms with van der Waals surface area (Å²) in [5, 5.41) is 2.09. The first-order chi connectivity index (χ1) is 12.4. The van der Waals surface area contributed by atoms with E-state index in [1.54, 1.807) is 25.1 Å². The molecule has 2 aromatic carbocycles. The van der Waals surface area contributed by atoms with Crippen LogP contribution in [0.3, 0.4) is 0 Å². The molecule has 0 aliphatic carbocycles. The van der Waals surface area contributed by atoms with Gasteiger partial charge in [0, 0.05) is 17.0 Å². The van der Waals surface area contributed by atoms with Crippen molar-refractivity contribution in [2.45, 2.75) is 25.7 Å². The van der Waals surface area contributed by atoms with Crippen LogP contribution in [0.1, 0.15) is 18.1 Å². The molecule has 0 aliphatic rings. The third-order valence-electron chi connectivity index (χ3n) is 4.75. The van der Waals surface area contributed by atoms with Crippen LogP contribution in [0.2, 0.25) is 0 Å². The Labute approximate surface area is 152 Å². The second-order valence-electron chi connectivity index (χ2n) is 6.54. The van der Waals surface area contributed by atoms with E-state index in [1.165, 1.54) is 0 Å². The van der Waals surface area contributed by atoms with Gasteiger partial charge in [-0.1, -0.05) is 19.1 Å². The minimum Gasteiger partial charge on any atom is -0.339 e. The molecule has 4 aromatic rings. The number of benzene rings is 2. The molecule has 1 radical (unpaired) electrons. The summed E-state index contributed by atoms with van der Waals surface area (Å²) in [4.78, 5) is 8.23. The van der Waals surface area contributed by atoms with E-state index < -0.39 is 9.84 Å². The zero-order chi connectivity index (χ0) is 18.5. The first kappa shape index (κ1) is 16.8. The number of aromatic nitrogens is 2. The fourth-order valence-corrected chi connectivity index (χ4v) is 4.24. The van der Waals surface area contributed by atoms with E-state index in [-0.39, 0.29) is 5.75 Å². The predicted molar refractivity (Wildman–Crippen MR) is 105 cm³/mol. The number of fused-ring (bicyclic) bond motifs is 3. The third-order valence-corrected chi connectivity index (χ3v) is 6.48. The lowest BCUT2D eigenvalue weighted by Gasteiger charge is -2.09. The number of nitrogens with zero attached hydrogens (tertiary/aromatic N) is 1. The predicted octanol–water partition coefficient (Wildman–Crippen LogP) is 4.59. The Morgan fingerprint density at radius 3 is 2.77 bits per heavy atom. The monoisotopic (exact) mass is 363 g/mol. The Morgan fingerprint density at radius 1 is 1.19 bits per heavy atom. The van der Waals surface area contributed by atoms with Crippen LogP contribution in [0.15, 0.2) is 47.5 Å². The van der Waals surface area contributed by atoms with Gasteiger partial charge in [-0.05, 0) is 66.4 Å². The second kappa shape index (κ2) is 5.95. The molecule has 0 amide bonds. The van der Waals surface area contributed by atoms with E-state index in [4.69, 9.17) is 0 Å². The number of H-pyrrole nitrogens is 1. The number of aromatic amines is 1. The highest BCUT2D eigenvalue weighted by atomic mass is 32.2. The highest BCUT2D eigenvalue weighted by Crippen LogP contribution is 2.36. The molecule has 0 spiro atoms. The minimum absolute atomic E-state index is 0.0854. The summed E-state index contributed by atoms with van der Waals surface area (Å²) >= 11 is 0. The Bertz CT molecular complexity index is 1250.